The maximum absolute atomic E-state index is 14.4. The van der Waals surface area contributed by atoms with Gasteiger partial charge in [0.2, 0.25) is 0 Å². The number of nitrogens with two attached hydrogens (primary N) is 1. The fraction of sp³-hybridized carbons (Fsp3) is 0.357. The van der Waals surface area contributed by atoms with Gasteiger partial charge in [-0.15, -0.1) is 11.3 Å². The van der Waals surface area contributed by atoms with E-state index in [2.05, 4.69) is 9.71 Å². The number of hydrogen-bond donors (Lipinski definition) is 2. The predicted molar refractivity (Wildman–Crippen MR) is 93.7 cm³/mol. The van der Waals surface area contributed by atoms with E-state index in [1.165, 1.54) is 6.20 Å². The van der Waals surface area contributed by atoms with Crippen molar-refractivity contribution in [1.29, 1.82) is 0 Å². The highest BCUT2D eigenvalue weighted by atomic mass is 35.5. The Labute approximate surface area is 148 Å². The molecule has 24 heavy (non-hydrogen) atoms. The van der Waals surface area contributed by atoms with Crippen LogP contribution in [0, 0.1) is 11.7 Å². The second-order valence-electron chi connectivity index (χ2n) is 5.51. The van der Waals surface area contributed by atoms with Gasteiger partial charge in [-0.2, -0.15) is 0 Å². The molecule has 0 aliphatic carbocycles. The Morgan fingerprint density at radius 2 is 2.29 bits per heavy atom. The average molecular weight is 391 g/mol. The molecule has 0 radical (unpaired) electrons. The molecule has 0 saturated carbocycles. The Morgan fingerprint density at radius 3 is 2.92 bits per heavy atom. The number of thiazole rings is 1. The van der Waals surface area contributed by atoms with Crippen molar-refractivity contribution >= 4 is 43.8 Å². The molecule has 2 heterocycles. The van der Waals surface area contributed by atoms with Crippen molar-refractivity contribution in [2.45, 2.75) is 11.3 Å². The monoisotopic (exact) mass is 390 g/mol. The SMILES string of the molecule is NC[C@@H]1CCN(c2cc(F)c(S(=O)(=O)Nc3nccs3)cc2Cl)C1. The van der Waals surface area contributed by atoms with E-state index in [0.29, 0.717) is 31.2 Å². The molecule has 1 saturated heterocycles. The van der Waals surface area contributed by atoms with Gasteiger partial charge in [0.1, 0.15) is 10.7 Å². The smallest absolute Gasteiger partial charge is 0.266 e. The van der Waals surface area contributed by atoms with E-state index >= 15 is 0 Å². The van der Waals surface area contributed by atoms with Crippen molar-refractivity contribution in [1.82, 2.24) is 4.98 Å². The number of benzene rings is 1. The van der Waals surface area contributed by atoms with Crippen molar-refractivity contribution in [2.24, 2.45) is 11.7 Å². The summed E-state index contributed by atoms with van der Waals surface area (Å²) in [6, 6.07) is 2.30. The van der Waals surface area contributed by atoms with E-state index in [4.69, 9.17) is 17.3 Å². The zero-order valence-electron chi connectivity index (χ0n) is 12.6. The second-order valence-corrected chi connectivity index (χ2v) is 8.47. The molecule has 1 aliphatic rings. The van der Waals surface area contributed by atoms with Gasteiger partial charge >= 0.3 is 0 Å². The topological polar surface area (TPSA) is 88.3 Å². The number of aromatic nitrogens is 1. The minimum atomic E-state index is -4.09. The van der Waals surface area contributed by atoms with Crippen LogP contribution in [-0.2, 0) is 10.0 Å². The van der Waals surface area contributed by atoms with Gasteiger partial charge in [0.05, 0.1) is 10.7 Å². The normalized spacial score (nSPS) is 18.1. The number of hydrogen-bond acceptors (Lipinski definition) is 6. The Bertz CT molecular complexity index is 830. The van der Waals surface area contributed by atoms with Crippen molar-refractivity contribution in [3.05, 3.63) is 34.5 Å². The molecule has 0 spiro atoms. The number of nitrogens with zero attached hydrogens (tertiary/aromatic N) is 2. The molecule has 2 aromatic rings. The molecule has 1 atom stereocenters. The molecule has 0 bridgehead atoms. The lowest BCUT2D eigenvalue weighted by Crippen LogP contribution is -2.23. The van der Waals surface area contributed by atoms with E-state index < -0.39 is 20.7 Å². The molecular formula is C14H16ClFN4O2S2. The quantitative estimate of drug-likeness (QED) is 0.818. The fourth-order valence-corrected chi connectivity index (χ4v) is 4.88. The van der Waals surface area contributed by atoms with Crippen LogP contribution < -0.4 is 15.4 Å². The molecule has 6 nitrogen and oxygen atoms in total. The Kier molecular flexibility index (Phi) is 4.95. The molecular weight excluding hydrogens is 375 g/mol. The summed E-state index contributed by atoms with van der Waals surface area (Å²) < 4.78 is 41.3. The van der Waals surface area contributed by atoms with Crippen LogP contribution in [-0.4, -0.2) is 33.0 Å². The van der Waals surface area contributed by atoms with Crippen molar-refractivity contribution in [3.8, 4) is 0 Å². The van der Waals surface area contributed by atoms with E-state index in [1.807, 2.05) is 4.90 Å². The molecule has 0 unspecified atom stereocenters. The molecule has 1 aromatic carbocycles. The maximum Gasteiger partial charge on any atom is 0.266 e. The second kappa shape index (κ2) is 6.83. The lowest BCUT2D eigenvalue weighted by atomic mass is 10.1. The van der Waals surface area contributed by atoms with E-state index in [-0.39, 0.29) is 10.2 Å². The van der Waals surface area contributed by atoms with Gasteiger partial charge in [0.15, 0.2) is 5.13 Å². The summed E-state index contributed by atoms with van der Waals surface area (Å²) in [6.07, 6.45) is 2.36. The molecule has 3 rings (SSSR count). The van der Waals surface area contributed by atoms with Gasteiger partial charge < -0.3 is 10.6 Å². The van der Waals surface area contributed by atoms with E-state index in [9.17, 15) is 12.8 Å². The summed E-state index contributed by atoms with van der Waals surface area (Å²) in [7, 11) is -4.09. The van der Waals surface area contributed by atoms with Gasteiger partial charge in [-0.05, 0) is 24.9 Å². The molecule has 1 fully saturated rings. The van der Waals surface area contributed by atoms with Crippen LogP contribution in [0.2, 0.25) is 5.02 Å². The first-order valence-electron chi connectivity index (χ1n) is 7.27. The van der Waals surface area contributed by atoms with Crippen LogP contribution in [0.3, 0.4) is 0 Å². The third-order valence-electron chi connectivity index (χ3n) is 3.90. The molecule has 130 valence electrons. The minimum absolute atomic E-state index is 0.167. The summed E-state index contributed by atoms with van der Waals surface area (Å²) in [6.45, 7) is 1.95. The molecule has 3 N–H and O–H groups in total. The molecule has 0 amide bonds. The first-order valence-corrected chi connectivity index (χ1v) is 10.0. The summed E-state index contributed by atoms with van der Waals surface area (Å²) in [5.74, 6) is -0.520. The van der Waals surface area contributed by atoms with Crippen LogP contribution in [0.15, 0.2) is 28.6 Å². The first kappa shape index (κ1) is 17.4. The third kappa shape index (κ3) is 3.49. The summed E-state index contributed by atoms with van der Waals surface area (Å²) in [5, 5.41) is 1.97. The highest BCUT2D eigenvalue weighted by molar-refractivity contribution is 7.93. The van der Waals surface area contributed by atoms with Crippen molar-refractivity contribution < 1.29 is 12.8 Å². The lowest BCUT2D eigenvalue weighted by molar-refractivity contribution is 0.570. The van der Waals surface area contributed by atoms with Gasteiger partial charge in [-0.3, -0.25) is 4.72 Å². The Hall–Kier alpha value is -1.42. The summed E-state index contributed by atoms with van der Waals surface area (Å²) >= 11 is 7.32. The van der Waals surface area contributed by atoms with Crippen LogP contribution in [0.4, 0.5) is 15.2 Å². The van der Waals surface area contributed by atoms with E-state index in [1.54, 1.807) is 5.38 Å². The number of halogens is 2. The maximum atomic E-state index is 14.4. The number of anilines is 2. The highest BCUT2D eigenvalue weighted by Gasteiger charge is 2.27. The van der Waals surface area contributed by atoms with Gasteiger partial charge in [-0.25, -0.2) is 17.8 Å². The van der Waals surface area contributed by atoms with Crippen LogP contribution in [0.5, 0.6) is 0 Å². The van der Waals surface area contributed by atoms with Crippen LogP contribution in [0.1, 0.15) is 6.42 Å². The number of nitrogens with one attached hydrogen (secondary N) is 1. The first-order chi connectivity index (χ1) is 11.4. The van der Waals surface area contributed by atoms with Gasteiger partial charge in [0, 0.05) is 30.7 Å². The zero-order valence-corrected chi connectivity index (χ0v) is 15.0. The van der Waals surface area contributed by atoms with Gasteiger partial charge in [0.25, 0.3) is 10.0 Å². The standard InChI is InChI=1S/C14H16ClFN4O2S2/c15-10-5-13(24(21,22)19-14-18-2-4-23-14)11(16)6-12(10)20-3-1-9(7-17)8-20/h2,4-6,9H,1,3,7-8,17H2,(H,18,19)/t9-/m0/s1. The van der Waals surface area contributed by atoms with Crippen LogP contribution >= 0.6 is 22.9 Å². The molecule has 10 heteroatoms. The Morgan fingerprint density at radius 1 is 1.50 bits per heavy atom. The van der Waals surface area contributed by atoms with Crippen molar-refractivity contribution in [3.63, 3.8) is 0 Å². The van der Waals surface area contributed by atoms with Crippen LogP contribution in [0.25, 0.3) is 0 Å². The van der Waals surface area contributed by atoms with Gasteiger partial charge in [-0.1, -0.05) is 11.6 Å². The highest BCUT2D eigenvalue weighted by Crippen LogP contribution is 2.34. The largest absolute Gasteiger partial charge is 0.370 e. The summed E-state index contributed by atoms with van der Waals surface area (Å²) in [5.41, 5.74) is 6.15. The number of sulfonamides is 1. The third-order valence-corrected chi connectivity index (χ3v) is 6.38. The number of rotatable bonds is 5. The summed E-state index contributed by atoms with van der Waals surface area (Å²) in [4.78, 5) is 5.26. The lowest BCUT2D eigenvalue weighted by Gasteiger charge is -2.21. The molecule has 1 aromatic heterocycles. The minimum Gasteiger partial charge on any atom is -0.370 e. The molecule has 1 aliphatic heterocycles. The fourth-order valence-electron chi connectivity index (χ4n) is 2.65. The van der Waals surface area contributed by atoms with Crippen molar-refractivity contribution in [2.75, 3.05) is 29.3 Å². The Balaban J connectivity index is 1.90. The predicted octanol–water partition coefficient (Wildman–Crippen LogP) is 2.52. The average Bonchev–Trinajstić information content (AvgIpc) is 3.19. The van der Waals surface area contributed by atoms with E-state index in [0.717, 1.165) is 29.9 Å². The zero-order chi connectivity index (χ0) is 17.3.